The molecule has 4 nitrogen and oxygen atoms in total. The van der Waals surface area contributed by atoms with Gasteiger partial charge < -0.3 is 10.1 Å². The largest absolute Gasteiger partial charge is 0.373 e. The predicted octanol–water partition coefficient (Wildman–Crippen LogP) is 1.80. The third kappa shape index (κ3) is 4.05. The second-order valence-electron chi connectivity index (χ2n) is 5.96. The minimum absolute atomic E-state index is 0.0755. The van der Waals surface area contributed by atoms with Crippen molar-refractivity contribution in [3.8, 4) is 0 Å². The van der Waals surface area contributed by atoms with Crippen LogP contribution in [0.5, 0.6) is 0 Å². The fraction of sp³-hybridized carbons (Fsp3) is 0.562. The molecule has 1 amide bonds. The van der Waals surface area contributed by atoms with E-state index in [0.717, 1.165) is 18.7 Å². The molecule has 1 unspecified atom stereocenters. The SMILES string of the molecule is CC(C(=O)NCc1ccccc1)N1CCOC(C)(C)C1. The molecule has 0 spiro atoms. The summed E-state index contributed by atoms with van der Waals surface area (Å²) >= 11 is 0. The zero-order chi connectivity index (χ0) is 14.6. The maximum absolute atomic E-state index is 12.2. The second-order valence-corrected chi connectivity index (χ2v) is 5.96. The molecule has 2 rings (SSSR count). The normalized spacial score (nSPS) is 20.4. The lowest BCUT2D eigenvalue weighted by Gasteiger charge is -2.40. The molecule has 20 heavy (non-hydrogen) atoms. The molecule has 0 saturated carbocycles. The Morgan fingerprint density at radius 2 is 2.10 bits per heavy atom. The lowest BCUT2D eigenvalue weighted by Crippen LogP contribution is -2.55. The molecule has 110 valence electrons. The average Bonchev–Trinajstić information content (AvgIpc) is 2.44. The van der Waals surface area contributed by atoms with Gasteiger partial charge in [-0.05, 0) is 26.3 Å². The van der Waals surface area contributed by atoms with Gasteiger partial charge in [0, 0.05) is 19.6 Å². The van der Waals surface area contributed by atoms with Crippen LogP contribution >= 0.6 is 0 Å². The number of nitrogens with one attached hydrogen (secondary N) is 1. The van der Waals surface area contributed by atoms with Crippen LogP contribution in [0.3, 0.4) is 0 Å². The van der Waals surface area contributed by atoms with Crippen LogP contribution < -0.4 is 5.32 Å². The third-order valence-corrected chi connectivity index (χ3v) is 3.69. The molecular weight excluding hydrogens is 252 g/mol. The second kappa shape index (κ2) is 6.37. The van der Waals surface area contributed by atoms with Gasteiger partial charge in [-0.3, -0.25) is 9.69 Å². The van der Waals surface area contributed by atoms with E-state index in [-0.39, 0.29) is 17.6 Å². The van der Waals surface area contributed by atoms with Crippen molar-refractivity contribution >= 4 is 5.91 Å². The molecule has 1 aliphatic heterocycles. The molecule has 0 bridgehead atoms. The molecule has 0 aromatic heterocycles. The number of hydrogen-bond donors (Lipinski definition) is 1. The maximum Gasteiger partial charge on any atom is 0.237 e. The Labute approximate surface area is 121 Å². The van der Waals surface area contributed by atoms with Gasteiger partial charge >= 0.3 is 0 Å². The fourth-order valence-electron chi connectivity index (χ4n) is 2.48. The van der Waals surface area contributed by atoms with Gasteiger partial charge in [0.2, 0.25) is 5.91 Å². The van der Waals surface area contributed by atoms with Crippen molar-refractivity contribution in [2.75, 3.05) is 19.7 Å². The summed E-state index contributed by atoms with van der Waals surface area (Å²) in [5.41, 5.74) is 0.946. The molecule has 1 heterocycles. The topological polar surface area (TPSA) is 41.6 Å². The molecular formula is C16H24N2O2. The van der Waals surface area contributed by atoms with Crippen molar-refractivity contribution in [2.45, 2.75) is 39.0 Å². The van der Waals surface area contributed by atoms with Gasteiger partial charge in [0.25, 0.3) is 0 Å². The quantitative estimate of drug-likeness (QED) is 0.912. The number of ether oxygens (including phenoxy) is 1. The van der Waals surface area contributed by atoms with E-state index in [2.05, 4.69) is 24.1 Å². The number of amides is 1. The van der Waals surface area contributed by atoms with Crippen molar-refractivity contribution in [1.29, 1.82) is 0 Å². The standard InChI is InChI=1S/C16H24N2O2/c1-13(18-9-10-20-16(2,3)12-18)15(19)17-11-14-7-5-4-6-8-14/h4-8,13H,9-12H2,1-3H3,(H,17,19). The summed E-state index contributed by atoms with van der Waals surface area (Å²) in [5.74, 6) is 0.0755. The summed E-state index contributed by atoms with van der Waals surface area (Å²) in [7, 11) is 0. The van der Waals surface area contributed by atoms with E-state index >= 15 is 0 Å². The molecule has 1 aromatic carbocycles. The zero-order valence-electron chi connectivity index (χ0n) is 12.6. The summed E-state index contributed by atoms with van der Waals surface area (Å²) in [6.07, 6.45) is 0. The molecule has 1 N–H and O–H groups in total. The van der Waals surface area contributed by atoms with E-state index in [9.17, 15) is 4.79 Å². The average molecular weight is 276 g/mol. The summed E-state index contributed by atoms with van der Waals surface area (Å²) in [4.78, 5) is 14.4. The predicted molar refractivity (Wildman–Crippen MR) is 79.4 cm³/mol. The van der Waals surface area contributed by atoms with Crippen LogP contribution in [0, 0.1) is 0 Å². The van der Waals surface area contributed by atoms with Crippen molar-refractivity contribution in [1.82, 2.24) is 10.2 Å². The molecule has 1 aromatic rings. The number of rotatable bonds is 4. The summed E-state index contributed by atoms with van der Waals surface area (Å²) < 4.78 is 5.68. The van der Waals surface area contributed by atoms with Crippen LogP contribution in [-0.2, 0) is 16.1 Å². The molecule has 1 aliphatic rings. The number of nitrogens with zero attached hydrogens (tertiary/aromatic N) is 1. The Hall–Kier alpha value is -1.39. The summed E-state index contributed by atoms with van der Waals surface area (Å²) in [6.45, 7) is 8.95. The van der Waals surface area contributed by atoms with E-state index < -0.39 is 0 Å². The Morgan fingerprint density at radius 1 is 1.40 bits per heavy atom. The molecule has 0 aliphatic carbocycles. The van der Waals surface area contributed by atoms with Crippen LogP contribution in [0.15, 0.2) is 30.3 Å². The van der Waals surface area contributed by atoms with Crippen molar-refractivity contribution < 1.29 is 9.53 Å². The van der Waals surface area contributed by atoms with Crippen LogP contribution in [-0.4, -0.2) is 42.1 Å². The van der Waals surface area contributed by atoms with Gasteiger partial charge in [0.05, 0.1) is 18.2 Å². The lowest BCUT2D eigenvalue weighted by molar-refractivity contribution is -0.134. The maximum atomic E-state index is 12.2. The monoisotopic (exact) mass is 276 g/mol. The summed E-state index contributed by atoms with van der Waals surface area (Å²) in [5, 5.41) is 3.00. The number of morpholine rings is 1. The van der Waals surface area contributed by atoms with Crippen LogP contribution in [0.25, 0.3) is 0 Å². The van der Waals surface area contributed by atoms with Gasteiger partial charge in [-0.2, -0.15) is 0 Å². The highest BCUT2D eigenvalue weighted by Crippen LogP contribution is 2.18. The van der Waals surface area contributed by atoms with Crippen molar-refractivity contribution in [3.05, 3.63) is 35.9 Å². The number of carbonyl (C=O) groups is 1. The summed E-state index contributed by atoms with van der Waals surface area (Å²) in [6, 6.07) is 9.85. The first-order valence-corrected chi connectivity index (χ1v) is 7.17. The highest BCUT2D eigenvalue weighted by molar-refractivity contribution is 5.81. The first kappa shape index (κ1) is 15.0. The van der Waals surface area contributed by atoms with Crippen LogP contribution in [0.2, 0.25) is 0 Å². The van der Waals surface area contributed by atoms with Crippen LogP contribution in [0.4, 0.5) is 0 Å². The Morgan fingerprint density at radius 3 is 2.75 bits per heavy atom. The van der Waals surface area contributed by atoms with Crippen molar-refractivity contribution in [2.24, 2.45) is 0 Å². The minimum Gasteiger partial charge on any atom is -0.373 e. The lowest BCUT2D eigenvalue weighted by atomic mass is 10.1. The van der Waals surface area contributed by atoms with E-state index in [1.54, 1.807) is 0 Å². The zero-order valence-corrected chi connectivity index (χ0v) is 12.6. The number of benzene rings is 1. The molecule has 1 fully saturated rings. The molecule has 1 atom stereocenters. The van der Waals surface area contributed by atoms with E-state index in [0.29, 0.717) is 13.2 Å². The highest BCUT2D eigenvalue weighted by atomic mass is 16.5. The van der Waals surface area contributed by atoms with Gasteiger partial charge in [-0.15, -0.1) is 0 Å². The molecule has 0 radical (unpaired) electrons. The van der Waals surface area contributed by atoms with Gasteiger partial charge in [-0.25, -0.2) is 0 Å². The number of hydrogen-bond acceptors (Lipinski definition) is 3. The first-order chi connectivity index (χ1) is 9.48. The number of carbonyl (C=O) groups excluding carboxylic acids is 1. The van der Waals surface area contributed by atoms with Gasteiger partial charge in [0.1, 0.15) is 0 Å². The fourth-order valence-corrected chi connectivity index (χ4v) is 2.48. The first-order valence-electron chi connectivity index (χ1n) is 7.17. The minimum atomic E-state index is -0.174. The Kier molecular flexibility index (Phi) is 4.78. The Bertz CT molecular complexity index is 445. The van der Waals surface area contributed by atoms with E-state index in [1.807, 2.05) is 37.3 Å². The molecule has 1 saturated heterocycles. The van der Waals surface area contributed by atoms with Gasteiger partial charge in [-0.1, -0.05) is 30.3 Å². The third-order valence-electron chi connectivity index (χ3n) is 3.69. The Balaban J connectivity index is 1.85. The van der Waals surface area contributed by atoms with E-state index in [4.69, 9.17) is 4.74 Å². The highest BCUT2D eigenvalue weighted by Gasteiger charge is 2.32. The van der Waals surface area contributed by atoms with Crippen molar-refractivity contribution in [3.63, 3.8) is 0 Å². The smallest absolute Gasteiger partial charge is 0.237 e. The van der Waals surface area contributed by atoms with E-state index in [1.165, 1.54) is 0 Å². The van der Waals surface area contributed by atoms with Crippen LogP contribution in [0.1, 0.15) is 26.3 Å². The molecule has 4 heteroatoms. The van der Waals surface area contributed by atoms with Gasteiger partial charge in [0.15, 0.2) is 0 Å².